The standard InChI is InChI=1S/C3H5Cl2NO.C2H4O2/c4-1-3(2-5)6-7;1-2(3)4/h7H,1-2H2;1H3,(H,3,4). The summed E-state index contributed by atoms with van der Waals surface area (Å²) in [4.78, 5) is 9.00. The molecule has 0 amide bonds. The van der Waals surface area contributed by atoms with Gasteiger partial charge < -0.3 is 10.3 Å². The van der Waals surface area contributed by atoms with E-state index in [0.29, 0.717) is 5.71 Å². The lowest BCUT2D eigenvalue weighted by molar-refractivity contribution is -0.134. The van der Waals surface area contributed by atoms with Gasteiger partial charge in [-0.15, -0.1) is 23.2 Å². The summed E-state index contributed by atoms with van der Waals surface area (Å²) in [5, 5.41) is 18.1. The van der Waals surface area contributed by atoms with Crippen LogP contribution in [0.1, 0.15) is 6.92 Å². The lowest BCUT2D eigenvalue weighted by Crippen LogP contribution is -2.00. The van der Waals surface area contributed by atoms with Gasteiger partial charge in [0, 0.05) is 6.92 Å². The molecule has 0 spiro atoms. The SMILES string of the molecule is CC(=O)O.ON=C(CCl)CCl. The van der Waals surface area contributed by atoms with Crippen LogP contribution in [0.5, 0.6) is 0 Å². The van der Waals surface area contributed by atoms with Crippen molar-refractivity contribution in [3.63, 3.8) is 0 Å². The summed E-state index contributed by atoms with van der Waals surface area (Å²) in [6, 6.07) is 0. The fraction of sp³-hybridized carbons (Fsp3) is 0.600. The van der Waals surface area contributed by atoms with E-state index in [-0.39, 0.29) is 11.8 Å². The number of carboxylic acids is 1. The van der Waals surface area contributed by atoms with E-state index in [0.717, 1.165) is 6.92 Å². The Balaban J connectivity index is 0. The largest absolute Gasteiger partial charge is 0.481 e. The van der Waals surface area contributed by atoms with Crippen molar-refractivity contribution in [1.29, 1.82) is 0 Å². The normalized spacial score (nSPS) is 7.55. The van der Waals surface area contributed by atoms with E-state index in [9.17, 15) is 0 Å². The highest BCUT2D eigenvalue weighted by atomic mass is 35.5. The number of alkyl halides is 2. The monoisotopic (exact) mass is 201 g/mol. The number of carbonyl (C=O) groups is 1. The molecule has 0 saturated heterocycles. The lowest BCUT2D eigenvalue weighted by atomic mass is 10.5. The maximum absolute atomic E-state index is 9.00. The Morgan fingerprint density at radius 1 is 1.45 bits per heavy atom. The minimum absolute atomic E-state index is 0.194. The van der Waals surface area contributed by atoms with Crippen LogP contribution in [0.4, 0.5) is 0 Å². The van der Waals surface area contributed by atoms with Gasteiger partial charge in [0.15, 0.2) is 0 Å². The Morgan fingerprint density at radius 3 is 1.73 bits per heavy atom. The minimum Gasteiger partial charge on any atom is -0.481 e. The van der Waals surface area contributed by atoms with Gasteiger partial charge in [-0.25, -0.2) is 0 Å². The van der Waals surface area contributed by atoms with Gasteiger partial charge in [-0.2, -0.15) is 0 Å². The molecule has 11 heavy (non-hydrogen) atoms. The third-order valence-corrected chi connectivity index (χ3v) is 1.07. The van der Waals surface area contributed by atoms with Gasteiger partial charge in [-0.1, -0.05) is 5.16 Å². The Morgan fingerprint density at radius 2 is 1.73 bits per heavy atom. The number of halogens is 2. The maximum atomic E-state index is 9.00. The average molecular weight is 202 g/mol. The van der Waals surface area contributed by atoms with Gasteiger partial charge in [0.25, 0.3) is 5.97 Å². The van der Waals surface area contributed by atoms with E-state index in [1.54, 1.807) is 0 Å². The number of hydrogen-bond donors (Lipinski definition) is 2. The van der Waals surface area contributed by atoms with E-state index in [4.69, 9.17) is 38.3 Å². The van der Waals surface area contributed by atoms with Crippen molar-refractivity contribution in [2.45, 2.75) is 6.92 Å². The molecule has 0 aliphatic heterocycles. The molecule has 0 rings (SSSR count). The smallest absolute Gasteiger partial charge is 0.300 e. The summed E-state index contributed by atoms with van der Waals surface area (Å²) in [5.74, 6) is -0.444. The van der Waals surface area contributed by atoms with Crippen LogP contribution in [0.25, 0.3) is 0 Å². The molecule has 0 atom stereocenters. The Kier molecular flexibility index (Phi) is 11.4. The number of aliphatic carboxylic acids is 1. The predicted octanol–water partition coefficient (Wildman–Crippen LogP) is 1.39. The topological polar surface area (TPSA) is 69.9 Å². The Hall–Kier alpha value is -0.480. The minimum atomic E-state index is -0.833. The van der Waals surface area contributed by atoms with Crippen LogP contribution in [0.3, 0.4) is 0 Å². The third kappa shape index (κ3) is 17.7. The molecule has 0 bridgehead atoms. The zero-order chi connectivity index (χ0) is 9.28. The molecule has 0 unspecified atom stereocenters. The second-order valence-corrected chi connectivity index (χ2v) is 1.99. The van der Waals surface area contributed by atoms with Crippen molar-refractivity contribution in [2.24, 2.45) is 5.16 Å². The highest BCUT2D eigenvalue weighted by Gasteiger charge is 1.90. The molecule has 0 aromatic rings. The summed E-state index contributed by atoms with van der Waals surface area (Å²) in [6.45, 7) is 1.08. The molecule has 0 heterocycles. The number of carboxylic acid groups (broad SMARTS) is 1. The van der Waals surface area contributed by atoms with Crippen molar-refractivity contribution in [3.8, 4) is 0 Å². The first-order valence-corrected chi connectivity index (χ1v) is 3.66. The van der Waals surface area contributed by atoms with E-state index in [1.807, 2.05) is 0 Å². The molecule has 0 aliphatic rings. The molecule has 0 radical (unpaired) electrons. The highest BCUT2D eigenvalue weighted by molar-refractivity contribution is 6.36. The predicted molar refractivity (Wildman–Crippen MR) is 44.0 cm³/mol. The number of oxime groups is 1. The van der Waals surface area contributed by atoms with E-state index >= 15 is 0 Å². The van der Waals surface area contributed by atoms with Crippen molar-refractivity contribution < 1.29 is 15.1 Å². The fourth-order valence-corrected chi connectivity index (χ4v) is 0.482. The zero-order valence-electron chi connectivity index (χ0n) is 5.92. The molecule has 0 fully saturated rings. The van der Waals surface area contributed by atoms with E-state index in [1.165, 1.54) is 0 Å². The van der Waals surface area contributed by atoms with Gasteiger partial charge in [0.1, 0.15) is 0 Å². The van der Waals surface area contributed by atoms with Gasteiger partial charge >= 0.3 is 0 Å². The number of hydrogen-bond acceptors (Lipinski definition) is 3. The zero-order valence-corrected chi connectivity index (χ0v) is 7.43. The van der Waals surface area contributed by atoms with E-state index < -0.39 is 5.97 Å². The summed E-state index contributed by atoms with van der Waals surface area (Å²) < 4.78 is 0. The van der Waals surface area contributed by atoms with Crippen LogP contribution in [-0.4, -0.2) is 33.8 Å². The molecule has 66 valence electrons. The van der Waals surface area contributed by atoms with Crippen molar-refractivity contribution in [1.82, 2.24) is 0 Å². The first-order valence-electron chi connectivity index (χ1n) is 2.59. The summed E-state index contributed by atoms with van der Waals surface area (Å²) in [6.07, 6.45) is 0. The second kappa shape index (κ2) is 9.52. The molecule has 0 aliphatic carbocycles. The van der Waals surface area contributed by atoms with Crippen LogP contribution < -0.4 is 0 Å². The number of rotatable bonds is 2. The fourth-order valence-electron chi connectivity index (χ4n) is 0.0892. The van der Waals surface area contributed by atoms with Crippen LogP contribution in [-0.2, 0) is 4.79 Å². The molecular formula is C5H9Cl2NO3. The molecular weight excluding hydrogens is 193 g/mol. The molecule has 0 aromatic carbocycles. The molecule has 0 aromatic heterocycles. The van der Waals surface area contributed by atoms with Crippen molar-refractivity contribution in [3.05, 3.63) is 0 Å². The van der Waals surface area contributed by atoms with Gasteiger partial charge in [0.05, 0.1) is 17.5 Å². The van der Waals surface area contributed by atoms with Crippen LogP contribution in [0.15, 0.2) is 5.16 Å². The molecule has 6 heteroatoms. The Bertz CT molecular complexity index is 128. The quantitative estimate of drug-likeness (QED) is 0.307. The maximum Gasteiger partial charge on any atom is 0.300 e. The van der Waals surface area contributed by atoms with Crippen molar-refractivity contribution in [2.75, 3.05) is 11.8 Å². The van der Waals surface area contributed by atoms with Crippen molar-refractivity contribution >= 4 is 34.9 Å². The lowest BCUT2D eigenvalue weighted by Gasteiger charge is -1.86. The average Bonchev–Trinajstić information content (AvgIpc) is 1.90. The highest BCUT2D eigenvalue weighted by Crippen LogP contribution is 1.85. The first kappa shape index (κ1) is 13.1. The first-order chi connectivity index (χ1) is 5.08. The summed E-state index contributed by atoms with van der Waals surface area (Å²) in [5.41, 5.74) is 0.392. The third-order valence-electron chi connectivity index (χ3n) is 0.450. The summed E-state index contributed by atoms with van der Waals surface area (Å²) >= 11 is 10.4. The van der Waals surface area contributed by atoms with Gasteiger partial charge in [-0.05, 0) is 0 Å². The van der Waals surface area contributed by atoms with Gasteiger partial charge in [-0.3, -0.25) is 4.79 Å². The van der Waals surface area contributed by atoms with Crippen LogP contribution >= 0.6 is 23.2 Å². The Labute approximate surface area is 74.4 Å². The molecule has 4 nitrogen and oxygen atoms in total. The second-order valence-electron chi connectivity index (χ2n) is 1.45. The van der Waals surface area contributed by atoms with Crippen LogP contribution in [0.2, 0.25) is 0 Å². The van der Waals surface area contributed by atoms with Gasteiger partial charge in [0.2, 0.25) is 0 Å². The van der Waals surface area contributed by atoms with E-state index in [2.05, 4.69) is 5.16 Å². The van der Waals surface area contributed by atoms with Crippen LogP contribution in [0, 0.1) is 0 Å². The summed E-state index contributed by atoms with van der Waals surface area (Å²) in [7, 11) is 0. The molecule has 0 saturated carbocycles. The number of nitrogens with zero attached hydrogens (tertiary/aromatic N) is 1. The molecule has 2 N–H and O–H groups in total.